The number of ether oxygens (including phenoxy) is 7. The van der Waals surface area contributed by atoms with E-state index in [4.69, 9.17) is 104 Å². The van der Waals surface area contributed by atoms with Gasteiger partial charge in [-0.1, -0.05) is 59.1 Å². The number of hydrogen-bond donors (Lipinski definition) is 5. The summed E-state index contributed by atoms with van der Waals surface area (Å²) < 4.78 is 53.7. The molecule has 0 radical (unpaired) electrons. The third kappa shape index (κ3) is 23.5. The molecule has 0 bridgehead atoms. The smallest absolute Gasteiger partial charge is 0.220 e. The molecule has 748 valence electrons. The first kappa shape index (κ1) is 101. The van der Waals surface area contributed by atoms with Crippen molar-refractivity contribution in [2.75, 3.05) is 69.9 Å². The number of halogens is 3. The number of aryl methyl sites for hydroxylation is 11. The summed E-state index contributed by atoms with van der Waals surface area (Å²) in [5.41, 5.74) is 37.0. The average Bonchev–Trinajstić information content (AvgIpc) is 1.62. The van der Waals surface area contributed by atoms with Crippen molar-refractivity contribution in [2.24, 2.45) is 56.7 Å². The molecule has 3 saturated heterocycles. The van der Waals surface area contributed by atoms with Gasteiger partial charge in [0.15, 0.2) is 16.9 Å². The number of imidazole rings is 3. The molecular weight excluding hydrogens is 1880 g/mol. The molecule has 22 rings (SSSR count). The Kier molecular flexibility index (Phi) is 31.1. The number of nitrogens with two attached hydrogens (primary N) is 2. The molecule has 4 aromatic carbocycles. The number of methoxy groups -OCH3 is 4. The van der Waals surface area contributed by atoms with Crippen LogP contribution in [0, 0.1) is 66.2 Å². The molecule has 7 N–H and O–H groups in total. The summed E-state index contributed by atoms with van der Waals surface area (Å²) in [4.78, 5) is 72.6. The van der Waals surface area contributed by atoms with E-state index in [0.29, 0.717) is 80.1 Å². The van der Waals surface area contributed by atoms with Gasteiger partial charge in [0, 0.05) is 144 Å². The molecule has 15 heterocycles. The highest BCUT2D eigenvalue weighted by Crippen LogP contribution is 2.46. The van der Waals surface area contributed by atoms with E-state index in [9.17, 15) is 14.4 Å². The molecule has 3 saturated carbocycles. The van der Waals surface area contributed by atoms with Crippen LogP contribution >= 0.6 is 34.8 Å². The van der Waals surface area contributed by atoms with E-state index in [2.05, 4.69) is 60.4 Å². The van der Waals surface area contributed by atoms with Crippen molar-refractivity contribution in [3.05, 3.63) is 194 Å². The molecular formula is C106H123Cl3N24O10. The largest absolute Gasteiger partial charge is 0.495 e. The summed E-state index contributed by atoms with van der Waals surface area (Å²) in [7, 11) is 14.3. The SMILES string of the molecule is COc1cc(-c2nn(C)cc2C)ccc1N.COc1cc(-c2nn(C)cc2C)ccc1Nc1cc(CC(=O)C2CC2)nc2c1N=C(C)C2.COc1cc(-c2nn(C)cc2C)ccc1Nc1cc(CC(=O)C2CC2)nc2c1nc(C)n2C1CCCCO1.COc1cc(-c2nn(C)cc2C)ccc1Nc1cc(Cl)nc2c1nc(C)n2C1CCCCO1.Cc1nc2c(Cl)cc(Cl)nc2n1C1CCCCO1.NC(=O)C1CC1. The van der Waals surface area contributed by atoms with Gasteiger partial charge in [0.1, 0.15) is 103 Å². The number of pyridine rings is 4. The molecule has 34 nitrogen and oxygen atoms in total. The quantitative estimate of drug-likeness (QED) is 0.0277. The van der Waals surface area contributed by atoms with Gasteiger partial charge in [0.05, 0.1) is 113 Å². The molecule has 3 aliphatic carbocycles. The van der Waals surface area contributed by atoms with Gasteiger partial charge < -0.3 is 60.6 Å². The number of Topliss-reactive ketones (excluding diaryl/α,β-unsaturated/α-hetero) is 2. The number of amides is 1. The van der Waals surface area contributed by atoms with Crippen molar-refractivity contribution < 1.29 is 47.5 Å². The Morgan fingerprint density at radius 2 is 0.748 bits per heavy atom. The van der Waals surface area contributed by atoms with Crippen molar-refractivity contribution >= 4 is 137 Å². The number of aromatic nitrogens is 18. The van der Waals surface area contributed by atoms with Crippen LogP contribution in [-0.4, -0.2) is 159 Å². The van der Waals surface area contributed by atoms with E-state index in [-0.39, 0.29) is 53.9 Å². The molecule has 11 aromatic heterocycles. The highest BCUT2D eigenvalue weighted by Gasteiger charge is 2.35. The maximum Gasteiger partial charge on any atom is 0.220 e. The van der Waals surface area contributed by atoms with Crippen LogP contribution in [0.15, 0.2) is 127 Å². The minimum atomic E-state index is -0.130. The van der Waals surface area contributed by atoms with Gasteiger partial charge in [-0.2, -0.15) is 20.4 Å². The minimum Gasteiger partial charge on any atom is -0.495 e. The Morgan fingerprint density at radius 1 is 0.399 bits per heavy atom. The van der Waals surface area contributed by atoms with E-state index < -0.39 is 0 Å². The third-order valence-electron chi connectivity index (χ3n) is 26.1. The van der Waals surface area contributed by atoms with Gasteiger partial charge in [0.25, 0.3) is 0 Å². The number of carbonyl (C=O) groups is 3. The Bertz CT molecular complexity index is 7280. The van der Waals surface area contributed by atoms with Crippen LogP contribution < -0.4 is 46.4 Å². The number of ketones is 2. The number of hydrogen-bond acceptors (Lipinski definition) is 26. The average molecular weight is 2000 g/mol. The number of fused-ring (bicyclic) bond motifs is 4. The second kappa shape index (κ2) is 44.1. The van der Waals surface area contributed by atoms with Crippen molar-refractivity contribution in [3.63, 3.8) is 0 Å². The maximum atomic E-state index is 12.7. The van der Waals surface area contributed by atoms with Crippen LogP contribution in [0.1, 0.15) is 179 Å². The number of nitrogens with zero attached hydrogens (tertiary/aromatic N) is 19. The van der Waals surface area contributed by atoms with Crippen LogP contribution in [0.3, 0.4) is 0 Å². The Labute approximate surface area is 845 Å². The van der Waals surface area contributed by atoms with Crippen LogP contribution in [0.4, 0.5) is 45.5 Å². The number of aliphatic imine (C=N–C) groups is 1. The summed E-state index contributed by atoms with van der Waals surface area (Å²) in [5.74, 6) is 6.40. The predicted octanol–water partition coefficient (Wildman–Crippen LogP) is 21.3. The zero-order chi connectivity index (χ0) is 101. The Morgan fingerprint density at radius 3 is 1.11 bits per heavy atom. The lowest BCUT2D eigenvalue weighted by Gasteiger charge is -2.25. The van der Waals surface area contributed by atoms with Crippen molar-refractivity contribution in [1.29, 1.82) is 0 Å². The number of anilines is 7. The minimum absolute atomic E-state index is 0.00853. The second-order valence-electron chi connectivity index (χ2n) is 37.6. The zero-order valence-electron chi connectivity index (χ0n) is 83.7. The topological polar surface area (TPSA) is 393 Å². The normalized spacial score (nSPS) is 16.4. The van der Waals surface area contributed by atoms with E-state index in [1.165, 1.54) is 0 Å². The van der Waals surface area contributed by atoms with Crippen LogP contribution in [-0.2, 0) is 76.0 Å². The summed E-state index contributed by atoms with van der Waals surface area (Å²) in [6, 6.07) is 31.1. The fourth-order valence-corrected chi connectivity index (χ4v) is 19.3. The maximum absolute atomic E-state index is 12.7. The summed E-state index contributed by atoms with van der Waals surface area (Å²) in [6.45, 7) is 18.3. The standard InChI is InChI=1S/C29H34N6O3.C25H27N5O2.C24H27ClN6O2.C12H13Cl2N3O.C12H15N3O.C4H7NO/c1-17-16-34(3)33-27(17)20-10-11-22(25(13-20)37-4)32-23-14-21(15-24(36)19-8-9-19)31-29-28(23)30-18(2)35(29)26-7-5-6-12-38-26;1-14-13-30(3)29-24(14)17-7-8-19(23(10-17)32-4)28-21-11-18(12-22(31)16-5-6-16)27-20-9-15(2)26-25(20)21;1-14-13-30(3)29-22(14)16-8-9-17(19(11-16)32-4)27-18-12-20(25)28-24-23(18)26-15(2)31(24)21-7-5-6-10-33-21;1-7-15-11-8(13)6-9(14)16-12(11)17(7)10-4-2-3-5-18-10;1-8-7-15(2)14-12(8)9-4-5-10(13)11(6-9)16-3;5-4(6)3-1-2-3/h10-11,13-14,16,19,26H,5-9,12,15H2,1-4H3,(H,31,32);7-8,10-11,13,16H,5-6,9,12H2,1-4H3,(H,27,28);8-9,11-13,21H,5-7,10H2,1-4H3,(H,27,28);6,10H,2-5H2,1H3;4-7H,13H2,1-3H3;3H,1-2H2,(H2,5,6). The van der Waals surface area contributed by atoms with Crippen LogP contribution in [0.2, 0.25) is 15.3 Å². The Balaban J connectivity index is 0.000000124. The van der Waals surface area contributed by atoms with Gasteiger partial charge >= 0.3 is 0 Å². The molecule has 37 heteroatoms. The van der Waals surface area contributed by atoms with Crippen molar-refractivity contribution in [3.8, 4) is 68.0 Å². The fraction of sp³-hybridized carbons (Fsp3) is 0.406. The molecule has 1 amide bonds. The lowest BCUT2D eigenvalue weighted by molar-refractivity contribution is -0.120. The van der Waals surface area contributed by atoms with Crippen molar-refractivity contribution in [1.82, 2.24) is 87.7 Å². The first-order chi connectivity index (χ1) is 68.8. The second-order valence-corrected chi connectivity index (χ2v) is 38.7. The van der Waals surface area contributed by atoms with Crippen molar-refractivity contribution in [2.45, 2.75) is 190 Å². The molecule has 7 aliphatic rings. The number of primary amides is 1. The van der Waals surface area contributed by atoms with E-state index in [1.54, 1.807) is 45.3 Å². The lowest BCUT2D eigenvalue weighted by atomic mass is 10.1. The summed E-state index contributed by atoms with van der Waals surface area (Å²) in [6.07, 6.45) is 24.7. The van der Waals surface area contributed by atoms with Gasteiger partial charge in [-0.05, 0) is 241 Å². The number of nitrogens with one attached hydrogen (secondary N) is 3. The number of nitrogen functional groups attached to an aromatic ring is 1. The van der Waals surface area contributed by atoms with Crippen LogP contribution in [0.5, 0.6) is 23.0 Å². The zero-order valence-corrected chi connectivity index (χ0v) is 86.0. The monoisotopic (exact) mass is 2000 g/mol. The molecule has 4 aliphatic heterocycles. The molecule has 0 spiro atoms. The van der Waals surface area contributed by atoms with Gasteiger partial charge in [-0.3, -0.25) is 56.8 Å². The van der Waals surface area contributed by atoms with E-state index in [1.807, 2.05) is 212 Å². The van der Waals surface area contributed by atoms with Crippen LogP contribution in [0.25, 0.3) is 78.5 Å². The predicted molar refractivity (Wildman–Crippen MR) is 558 cm³/mol. The highest BCUT2D eigenvalue weighted by molar-refractivity contribution is 6.37. The Hall–Kier alpha value is -13.6. The lowest BCUT2D eigenvalue weighted by Crippen LogP contribution is -2.19. The summed E-state index contributed by atoms with van der Waals surface area (Å²) in [5, 5.41) is 29.9. The number of carbonyl (C=O) groups excluding carboxylic acids is 3. The first-order valence-corrected chi connectivity index (χ1v) is 49.7. The molecule has 6 fully saturated rings. The summed E-state index contributed by atoms with van der Waals surface area (Å²) >= 11 is 18.5. The molecule has 15 aromatic rings. The first-order valence-electron chi connectivity index (χ1n) is 48.6. The van der Waals surface area contributed by atoms with E-state index >= 15 is 0 Å². The fourth-order valence-electron chi connectivity index (χ4n) is 18.6. The molecule has 3 atom stereocenters. The van der Waals surface area contributed by atoms with Gasteiger partial charge in [-0.15, -0.1) is 0 Å². The highest BCUT2D eigenvalue weighted by atomic mass is 35.5. The van der Waals surface area contributed by atoms with Gasteiger partial charge in [0.2, 0.25) is 5.91 Å². The van der Waals surface area contributed by atoms with Gasteiger partial charge in [-0.25, -0.2) is 29.9 Å². The number of benzene rings is 4. The third-order valence-corrected chi connectivity index (χ3v) is 26.8. The number of rotatable bonds is 24. The molecule has 143 heavy (non-hydrogen) atoms. The van der Waals surface area contributed by atoms with E-state index in [0.717, 1.165) is 280 Å². The molecule has 3 unspecified atom stereocenters.